The fourth-order valence-corrected chi connectivity index (χ4v) is 3.65. The lowest BCUT2D eigenvalue weighted by Crippen LogP contribution is -2.44. The number of aromatic nitrogens is 2. The molecule has 7 nitrogen and oxygen atoms in total. The van der Waals surface area contributed by atoms with E-state index in [-0.39, 0.29) is 17.6 Å². The Morgan fingerprint density at radius 2 is 2.08 bits per heavy atom. The fourth-order valence-electron chi connectivity index (χ4n) is 3.65. The number of nitrogens with two attached hydrogens (primary N) is 1. The molecule has 1 amide bonds. The molecule has 2 aromatic rings. The van der Waals surface area contributed by atoms with E-state index in [0.717, 1.165) is 23.7 Å². The second kappa shape index (κ2) is 6.60. The van der Waals surface area contributed by atoms with Gasteiger partial charge in [-0.2, -0.15) is 0 Å². The third-order valence-electron chi connectivity index (χ3n) is 4.79. The Morgan fingerprint density at radius 1 is 1.38 bits per heavy atom. The number of hydrogen-bond donors (Lipinski definition) is 1. The zero-order chi connectivity index (χ0) is 17.3. The first-order valence-corrected chi connectivity index (χ1v) is 8.27. The Balaban J connectivity index is 2.01. The average Bonchev–Trinajstić information content (AvgIpc) is 3.14. The minimum Gasteiger partial charge on any atom is -0.368 e. The van der Waals surface area contributed by atoms with Crippen molar-refractivity contribution in [2.45, 2.75) is 38.4 Å². The molecule has 24 heavy (non-hydrogen) atoms. The number of likely N-dealkylation sites (tertiary alicyclic amines) is 1. The Hall–Kier alpha value is -2.41. The van der Waals surface area contributed by atoms with Crippen LogP contribution in [0.5, 0.6) is 0 Å². The summed E-state index contributed by atoms with van der Waals surface area (Å²) in [5, 5.41) is 0. The molecule has 3 rings (SSSR count). The van der Waals surface area contributed by atoms with Gasteiger partial charge in [0.15, 0.2) is 0 Å². The van der Waals surface area contributed by atoms with Crippen molar-refractivity contribution in [3.8, 4) is 0 Å². The van der Waals surface area contributed by atoms with Gasteiger partial charge in [-0.05, 0) is 38.4 Å². The minimum absolute atomic E-state index is 0.203. The number of fused-ring (bicyclic) bond motifs is 1. The summed E-state index contributed by atoms with van der Waals surface area (Å²) in [6.07, 6.45) is 2.35. The predicted molar refractivity (Wildman–Crippen MR) is 90.8 cm³/mol. The third kappa shape index (κ3) is 2.65. The van der Waals surface area contributed by atoms with Gasteiger partial charge in [0.25, 0.3) is 0 Å². The van der Waals surface area contributed by atoms with Crippen molar-refractivity contribution in [2.24, 2.45) is 5.73 Å². The highest BCUT2D eigenvalue weighted by Gasteiger charge is 2.32. The van der Waals surface area contributed by atoms with E-state index in [4.69, 9.17) is 5.73 Å². The van der Waals surface area contributed by atoms with Crippen LogP contribution < -0.4 is 11.4 Å². The number of carbonyl (C=O) groups excluding carboxylic acids is 2. The van der Waals surface area contributed by atoms with Crippen molar-refractivity contribution in [1.82, 2.24) is 14.0 Å². The van der Waals surface area contributed by atoms with E-state index in [1.165, 1.54) is 4.57 Å². The lowest BCUT2D eigenvalue weighted by molar-refractivity contribution is -0.123. The van der Waals surface area contributed by atoms with Crippen LogP contribution in [0.25, 0.3) is 11.0 Å². The number of benzene rings is 1. The first kappa shape index (κ1) is 16.4. The molecule has 1 aromatic carbocycles. The molecular formula is C17H22N4O3. The summed E-state index contributed by atoms with van der Waals surface area (Å²) in [5.41, 5.74) is 6.79. The number of amides is 1. The first-order valence-electron chi connectivity index (χ1n) is 8.27. The summed E-state index contributed by atoms with van der Waals surface area (Å²) in [7, 11) is 0. The molecule has 0 saturated carbocycles. The molecular weight excluding hydrogens is 308 g/mol. The number of carbonyl (C=O) groups is 2. The van der Waals surface area contributed by atoms with Crippen molar-refractivity contribution in [1.29, 1.82) is 0 Å². The molecule has 1 aliphatic heterocycles. The van der Waals surface area contributed by atoms with Crippen LogP contribution in [0.4, 0.5) is 0 Å². The van der Waals surface area contributed by atoms with Gasteiger partial charge in [0.05, 0.1) is 17.1 Å². The second-order valence-electron chi connectivity index (χ2n) is 6.14. The van der Waals surface area contributed by atoms with Crippen molar-refractivity contribution in [3.05, 3.63) is 34.7 Å². The molecule has 1 fully saturated rings. The summed E-state index contributed by atoms with van der Waals surface area (Å²) < 4.78 is 3.18. The fraction of sp³-hybridized carbons (Fsp3) is 0.471. The maximum absolute atomic E-state index is 12.8. The van der Waals surface area contributed by atoms with Gasteiger partial charge in [0.2, 0.25) is 5.91 Å². The van der Waals surface area contributed by atoms with E-state index in [2.05, 4.69) is 0 Å². The Morgan fingerprint density at radius 3 is 2.71 bits per heavy atom. The van der Waals surface area contributed by atoms with Crippen LogP contribution in [0.15, 0.2) is 29.1 Å². The smallest absolute Gasteiger partial charge is 0.329 e. The highest BCUT2D eigenvalue weighted by atomic mass is 16.2. The number of hydrogen-bond acceptors (Lipinski definition) is 4. The molecule has 0 aliphatic carbocycles. The number of rotatable bonds is 6. The molecule has 1 saturated heterocycles. The van der Waals surface area contributed by atoms with E-state index in [1.54, 1.807) is 4.57 Å². The number of aryl methyl sites for hydroxylation is 1. The van der Waals surface area contributed by atoms with Crippen molar-refractivity contribution in [3.63, 3.8) is 0 Å². The van der Waals surface area contributed by atoms with Crippen LogP contribution in [0, 0.1) is 0 Å². The van der Waals surface area contributed by atoms with Crippen molar-refractivity contribution < 1.29 is 9.59 Å². The molecule has 0 bridgehead atoms. The monoisotopic (exact) mass is 330 g/mol. The molecule has 0 radical (unpaired) electrons. The maximum atomic E-state index is 12.8. The maximum Gasteiger partial charge on any atom is 0.329 e. The van der Waals surface area contributed by atoms with E-state index in [0.29, 0.717) is 26.1 Å². The minimum atomic E-state index is -0.643. The molecule has 7 heteroatoms. The predicted octanol–water partition coefficient (Wildman–Crippen LogP) is 0.513. The van der Waals surface area contributed by atoms with Crippen LogP contribution in [-0.4, -0.2) is 45.4 Å². The molecule has 2 N–H and O–H groups in total. The number of para-hydroxylation sites is 2. The van der Waals surface area contributed by atoms with Crippen LogP contribution in [0.1, 0.15) is 25.8 Å². The number of imidazole rings is 1. The van der Waals surface area contributed by atoms with E-state index in [9.17, 15) is 14.4 Å². The van der Waals surface area contributed by atoms with Crippen LogP contribution in [-0.2, 0) is 16.1 Å². The normalized spacial score (nSPS) is 19.6. The highest BCUT2D eigenvalue weighted by Crippen LogP contribution is 2.22. The van der Waals surface area contributed by atoms with E-state index >= 15 is 0 Å². The second-order valence-corrected chi connectivity index (χ2v) is 6.14. The largest absolute Gasteiger partial charge is 0.368 e. The van der Waals surface area contributed by atoms with Gasteiger partial charge >= 0.3 is 5.69 Å². The highest BCUT2D eigenvalue weighted by molar-refractivity contribution is 5.80. The van der Waals surface area contributed by atoms with Gasteiger partial charge in [0, 0.05) is 13.1 Å². The summed E-state index contributed by atoms with van der Waals surface area (Å²) in [5.74, 6) is -0.375. The van der Waals surface area contributed by atoms with Gasteiger partial charge in [-0.25, -0.2) is 4.79 Å². The zero-order valence-corrected chi connectivity index (χ0v) is 13.7. The summed E-state index contributed by atoms with van der Waals surface area (Å²) in [4.78, 5) is 38.0. The van der Waals surface area contributed by atoms with Crippen molar-refractivity contribution >= 4 is 23.2 Å². The molecule has 1 aromatic heterocycles. The van der Waals surface area contributed by atoms with Crippen LogP contribution >= 0.6 is 0 Å². The number of primary amides is 1. The standard InChI is InChI=1S/C17H22N4O3/c1-2-20-13-6-3-4-7-14(13)21(17(20)24)12(11-22)10-19-9-5-8-15(19)16(18)23/h3-4,6-7,11-12,15H,2,5,8-10H2,1H3,(H2,18,23). The van der Waals surface area contributed by atoms with E-state index < -0.39 is 6.04 Å². The molecule has 128 valence electrons. The van der Waals surface area contributed by atoms with Gasteiger partial charge in [-0.15, -0.1) is 0 Å². The lowest BCUT2D eigenvalue weighted by Gasteiger charge is -2.25. The number of aldehydes is 1. The SMILES string of the molecule is CCn1c(=O)n(C(C=O)CN2CCCC2C(N)=O)c2ccccc21. The summed E-state index contributed by atoms with van der Waals surface area (Å²) >= 11 is 0. The molecule has 2 unspecified atom stereocenters. The molecule has 0 spiro atoms. The first-order chi connectivity index (χ1) is 11.6. The molecule has 1 aliphatic rings. The average molecular weight is 330 g/mol. The number of nitrogens with zero attached hydrogens (tertiary/aromatic N) is 3. The lowest BCUT2D eigenvalue weighted by atomic mass is 10.2. The molecule has 2 heterocycles. The van der Waals surface area contributed by atoms with Gasteiger partial charge < -0.3 is 10.5 Å². The third-order valence-corrected chi connectivity index (χ3v) is 4.79. The Bertz CT molecular complexity index is 823. The van der Waals surface area contributed by atoms with Gasteiger partial charge in [-0.3, -0.25) is 18.8 Å². The van der Waals surface area contributed by atoms with Gasteiger partial charge in [-0.1, -0.05) is 12.1 Å². The topological polar surface area (TPSA) is 90.3 Å². The van der Waals surface area contributed by atoms with Crippen molar-refractivity contribution in [2.75, 3.05) is 13.1 Å². The Kier molecular flexibility index (Phi) is 4.53. The van der Waals surface area contributed by atoms with Gasteiger partial charge in [0.1, 0.15) is 12.3 Å². The quantitative estimate of drug-likeness (QED) is 0.782. The van der Waals surface area contributed by atoms with Crippen LogP contribution in [0.2, 0.25) is 0 Å². The van der Waals surface area contributed by atoms with Crippen LogP contribution in [0.3, 0.4) is 0 Å². The zero-order valence-electron chi connectivity index (χ0n) is 13.7. The summed E-state index contributed by atoms with van der Waals surface area (Å²) in [6.45, 7) is 3.46. The molecule has 2 atom stereocenters. The summed E-state index contributed by atoms with van der Waals surface area (Å²) in [6, 6.07) is 6.44. The Labute approximate surface area is 139 Å². The van der Waals surface area contributed by atoms with E-state index in [1.807, 2.05) is 36.1 Å².